The number of para-hydroxylation sites is 1. The van der Waals surface area contributed by atoms with Crippen LogP contribution < -0.4 is 21.5 Å². The molecule has 0 heterocycles. The van der Waals surface area contributed by atoms with Crippen molar-refractivity contribution >= 4 is 57.6 Å². The third-order valence-electron chi connectivity index (χ3n) is 4.43. The van der Waals surface area contributed by atoms with Crippen LogP contribution in [0.5, 0.6) is 0 Å². The van der Waals surface area contributed by atoms with Crippen LogP contribution in [0, 0.1) is 0 Å². The van der Waals surface area contributed by atoms with E-state index in [9.17, 15) is 14.4 Å². The fraction of sp³-hybridized carbons (Fsp3) is 0.0833. The normalized spacial score (nSPS) is 10.5. The van der Waals surface area contributed by atoms with Crippen LogP contribution in [-0.2, 0) is 14.4 Å². The minimum Gasteiger partial charge on any atom is -0.326 e. The smallest absolute Gasteiger partial charge is 0.250 e. The molecule has 3 amide bonds. The molecule has 0 saturated carbocycles. The Bertz CT molecular complexity index is 1160. The fourth-order valence-electron chi connectivity index (χ4n) is 2.91. The molecule has 0 aromatic heterocycles. The molecule has 162 valence electrons. The van der Waals surface area contributed by atoms with Crippen LogP contribution in [0.3, 0.4) is 0 Å². The maximum atomic E-state index is 12.1. The van der Waals surface area contributed by atoms with E-state index < -0.39 is 11.8 Å². The largest absolute Gasteiger partial charge is 0.326 e. The van der Waals surface area contributed by atoms with E-state index in [1.807, 2.05) is 48.5 Å². The molecule has 0 atom stereocenters. The number of hydrogen-bond acceptors (Lipinski definition) is 4. The van der Waals surface area contributed by atoms with Crippen molar-refractivity contribution in [2.45, 2.75) is 12.8 Å². The monoisotopic (exact) mass is 446 g/mol. The molecule has 0 aliphatic heterocycles. The third-order valence-corrected chi connectivity index (χ3v) is 4.63. The zero-order valence-electron chi connectivity index (χ0n) is 17.1. The lowest BCUT2D eigenvalue weighted by Crippen LogP contribution is -2.48. The Morgan fingerprint density at radius 1 is 0.781 bits per heavy atom. The van der Waals surface area contributed by atoms with Crippen LogP contribution in [0.25, 0.3) is 16.8 Å². The highest BCUT2D eigenvalue weighted by molar-refractivity contribution is 7.80. The molecule has 0 saturated heterocycles. The van der Waals surface area contributed by atoms with Crippen molar-refractivity contribution in [3.8, 4) is 0 Å². The van der Waals surface area contributed by atoms with E-state index in [4.69, 9.17) is 12.2 Å². The third kappa shape index (κ3) is 7.03. The zero-order chi connectivity index (χ0) is 22.8. The molecule has 0 aliphatic rings. The minimum atomic E-state index is -0.438. The Morgan fingerprint density at radius 3 is 2.28 bits per heavy atom. The van der Waals surface area contributed by atoms with Gasteiger partial charge < -0.3 is 5.32 Å². The molecule has 8 heteroatoms. The predicted octanol–water partition coefficient (Wildman–Crippen LogP) is 3.29. The van der Waals surface area contributed by atoms with Crippen LogP contribution in [-0.4, -0.2) is 22.8 Å². The summed E-state index contributed by atoms with van der Waals surface area (Å²) in [6, 6.07) is 22.7. The summed E-state index contributed by atoms with van der Waals surface area (Å²) in [4.78, 5) is 35.9. The number of hydrogen-bond donors (Lipinski definition) is 4. The zero-order valence-corrected chi connectivity index (χ0v) is 17.9. The topological polar surface area (TPSA) is 99.3 Å². The van der Waals surface area contributed by atoms with Gasteiger partial charge in [-0.2, -0.15) is 0 Å². The number of benzene rings is 3. The van der Waals surface area contributed by atoms with Gasteiger partial charge in [0.25, 0.3) is 0 Å². The first-order chi connectivity index (χ1) is 15.5. The molecule has 32 heavy (non-hydrogen) atoms. The SMILES string of the molecule is O=C(/C=C/c1cccc2ccccc12)NC(=S)NNC(=O)CCC(=O)Nc1ccccc1. The van der Waals surface area contributed by atoms with E-state index in [0.717, 1.165) is 16.3 Å². The van der Waals surface area contributed by atoms with Gasteiger partial charge in [0.2, 0.25) is 17.7 Å². The second kappa shape index (κ2) is 11.4. The number of hydrazine groups is 1. The molecular weight excluding hydrogens is 424 g/mol. The van der Waals surface area contributed by atoms with Gasteiger partial charge in [0.05, 0.1) is 0 Å². The van der Waals surface area contributed by atoms with Gasteiger partial charge in [-0.25, -0.2) is 0 Å². The van der Waals surface area contributed by atoms with Gasteiger partial charge in [-0.1, -0.05) is 60.7 Å². The molecule has 0 fully saturated rings. The van der Waals surface area contributed by atoms with Gasteiger partial charge in [-0.05, 0) is 46.8 Å². The molecule has 3 aromatic carbocycles. The van der Waals surface area contributed by atoms with E-state index in [0.29, 0.717) is 5.69 Å². The number of rotatable bonds is 6. The molecular formula is C24H22N4O3S. The summed E-state index contributed by atoms with van der Waals surface area (Å²) in [5, 5.41) is 7.20. The second-order valence-electron chi connectivity index (χ2n) is 6.81. The van der Waals surface area contributed by atoms with E-state index >= 15 is 0 Å². The predicted molar refractivity (Wildman–Crippen MR) is 129 cm³/mol. The molecule has 0 spiro atoms. The van der Waals surface area contributed by atoms with Gasteiger partial charge in [0.1, 0.15) is 0 Å². The van der Waals surface area contributed by atoms with Gasteiger partial charge in [0, 0.05) is 24.6 Å². The van der Waals surface area contributed by atoms with Crippen molar-refractivity contribution in [1.82, 2.24) is 16.2 Å². The van der Waals surface area contributed by atoms with Crippen LogP contribution in [0.4, 0.5) is 5.69 Å². The van der Waals surface area contributed by atoms with Crippen LogP contribution in [0.2, 0.25) is 0 Å². The Labute approximate surface area is 190 Å². The van der Waals surface area contributed by atoms with Crippen molar-refractivity contribution in [2.24, 2.45) is 0 Å². The summed E-state index contributed by atoms with van der Waals surface area (Å²) in [7, 11) is 0. The number of amides is 3. The summed E-state index contributed by atoms with van der Waals surface area (Å²) < 4.78 is 0. The number of anilines is 1. The van der Waals surface area contributed by atoms with E-state index in [1.165, 1.54) is 6.08 Å². The number of thiocarbonyl (C=S) groups is 1. The average molecular weight is 447 g/mol. The molecule has 7 nitrogen and oxygen atoms in total. The lowest BCUT2D eigenvalue weighted by atomic mass is 10.0. The Morgan fingerprint density at radius 2 is 1.47 bits per heavy atom. The molecule has 0 unspecified atom stereocenters. The fourth-order valence-corrected chi connectivity index (χ4v) is 3.06. The lowest BCUT2D eigenvalue weighted by molar-refractivity contribution is -0.124. The van der Waals surface area contributed by atoms with Crippen molar-refractivity contribution in [2.75, 3.05) is 5.32 Å². The first-order valence-corrected chi connectivity index (χ1v) is 10.3. The molecule has 3 rings (SSSR count). The summed E-state index contributed by atoms with van der Waals surface area (Å²) >= 11 is 5.01. The number of fused-ring (bicyclic) bond motifs is 1. The van der Waals surface area contributed by atoms with Gasteiger partial charge in [-0.3, -0.25) is 30.6 Å². The first kappa shape index (κ1) is 22.6. The Balaban J connectivity index is 1.39. The van der Waals surface area contributed by atoms with E-state index in [2.05, 4.69) is 21.5 Å². The molecule has 0 aliphatic carbocycles. The maximum Gasteiger partial charge on any atom is 0.250 e. The van der Waals surface area contributed by atoms with Crippen molar-refractivity contribution in [3.05, 3.63) is 84.4 Å². The Kier molecular flexibility index (Phi) is 8.05. The highest BCUT2D eigenvalue weighted by atomic mass is 32.1. The first-order valence-electron chi connectivity index (χ1n) is 9.92. The number of carbonyl (C=O) groups is 3. The molecule has 0 radical (unpaired) electrons. The summed E-state index contributed by atoms with van der Waals surface area (Å²) in [6.45, 7) is 0. The van der Waals surface area contributed by atoms with E-state index in [1.54, 1.807) is 30.3 Å². The Hall–Kier alpha value is -4.04. The van der Waals surface area contributed by atoms with Gasteiger partial charge >= 0.3 is 0 Å². The molecule has 0 bridgehead atoms. The quantitative estimate of drug-likeness (QED) is 0.265. The maximum absolute atomic E-state index is 12.1. The summed E-state index contributed by atoms with van der Waals surface area (Å²) in [5.74, 6) is -1.15. The standard InChI is InChI=1S/C24H22N4O3S/c29-21(25-19-10-2-1-3-11-19)15-16-23(31)27-28-24(32)26-22(30)14-13-18-9-6-8-17-7-4-5-12-20(17)18/h1-14H,15-16H2,(H,25,29)(H,27,31)(H2,26,28,30,32)/b14-13+. The van der Waals surface area contributed by atoms with Crippen molar-refractivity contribution in [3.63, 3.8) is 0 Å². The van der Waals surface area contributed by atoms with Crippen molar-refractivity contribution in [1.29, 1.82) is 0 Å². The highest BCUT2D eigenvalue weighted by Crippen LogP contribution is 2.19. The summed E-state index contributed by atoms with van der Waals surface area (Å²) in [5.41, 5.74) is 6.37. The second-order valence-corrected chi connectivity index (χ2v) is 7.22. The van der Waals surface area contributed by atoms with Crippen LogP contribution in [0.15, 0.2) is 78.9 Å². The molecule has 3 aromatic rings. The highest BCUT2D eigenvalue weighted by Gasteiger charge is 2.08. The van der Waals surface area contributed by atoms with Crippen molar-refractivity contribution < 1.29 is 14.4 Å². The minimum absolute atomic E-state index is 0.00922. The number of carbonyl (C=O) groups excluding carboxylic acids is 3. The van der Waals surface area contributed by atoms with Crippen LogP contribution in [0.1, 0.15) is 18.4 Å². The van der Waals surface area contributed by atoms with Gasteiger partial charge in [0.15, 0.2) is 5.11 Å². The van der Waals surface area contributed by atoms with E-state index in [-0.39, 0.29) is 23.9 Å². The summed E-state index contributed by atoms with van der Waals surface area (Å²) in [6.07, 6.45) is 3.04. The number of nitrogens with one attached hydrogen (secondary N) is 4. The van der Waals surface area contributed by atoms with Gasteiger partial charge in [-0.15, -0.1) is 0 Å². The molecule has 4 N–H and O–H groups in total. The van der Waals surface area contributed by atoms with Crippen LogP contribution >= 0.6 is 12.2 Å². The average Bonchev–Trinajstić information content (AvgIpc) is 2.80. The lowest BCUT2D eigenvalue weighted by Gasteiger charge is -2.10.